The Hall–Kier alpha value is -1.10. The van der Waals surface area contributed by atoms with E-state index in [1.165, 1.54) is 77.0 Å². The van der Waals surface area contributed by atoms with Crippen LogP contribution in [-0.2, 0) is 32.8 Å². The average molecular weight is 804 g/mol. The summed E-state index contributed by atoms with van der Waals surface area (Å²) in [6.07, 6.45) is 38.0. The maximum Gasteiger partial charge on any atom is 0.305 e. The average Bonchev–Trinajstić information content (AvgIpc) is 3.14. The zero-order chi connectivity index (χ0) is 40.7. The maximum atomic E-state index is 12.5. The van der Waals surface area contributed by atoms with E-state index in [0.717, 1.165) is 89.9 Å². The molecule has 0 aliphatic rings. The lowest BCUT2D eigenvalue weighted by molar-refractivity contribution is -0.870. The van der Waals surface area contributed by atoms with Gasteiger partial charge in [-0.2, -0.15) is 0 Å². The summed E-state index contributed by atoms with van der Waals surface area (Å²) in [5.41, 5.74) is 0. The Kier molecular flexibility index (Phi) is 37.7. The number of likely N-dealkylation sites (N-methyl/N-ethyl adjacent to an activating group) is 1. The third-order valence-corrected chi connectivity index (χ3v) is 10.7. The first-order chi connectivity index (χ1) is 26.5. The second-order valence-electron chi connectivity index (χ2n) is 16.3. The highest BCUT2D eigenvalue weighted by atomic mass is 31.2. The smallest absolute Gasteiger partial charge is 0.305 e. The predicted molar refractivity (Wildman–Crippen MR) is 225 cm³/mol. The zero-order valence-corrected chi connectivity index (χ0v) is 37.1. The normalized spacial score (nSPS) is 14.5. The molecule has 0 saturated carbocycles. The van der Waals surface area contributed by atoms with Crippen molar-refractivity contribution < 1.29 is 47.4 Å². The minimum absolute atomic E-state index is 0.0248. The monoisotopic (exact) mass is 804 g/mol. The molecule has 0 aromatic rings. The summed E-state index contributed by atoms with van der Waals surface area (Å²) in [6, 6.07) is 0. The van der Waals surface area contributed by atoms with Crippen molar-refractivity contribution in [3.8, 4) is 0 Å². The standard InChI is InChI=1S/C44H86NO9P/c1-6-8-10-11-12-13-14-15-16-17-18-22-25-28-32-36-44(46)51-40-43(41-53-55(48,49)52-39-37-45(3,4)5)50-38-33-29-26-23-20-19-21-24-27-31-35-42(54-47)34-30-9-7-2/h24,27,31,35,42-43H,6-23,25-26,28-30,32-34,36-41H2,1-5H3,(H-,47,48,49)/b27-24-,35-31+/t42?,43-/m1/s1. The summed E-state index contributed by atoms with van der Waals surface area (Å²) in [6.45, 7) is 5.09. The van der Waals surface area contributed by atoms with Gasteiger partial charge in [-0.3, -0.25) is 14.6 Å². The van der Waals surface area contributed by atoms with E-state index in [2.05, 4.69) is 24.8 Å². The molecule has 10 nitrogen and oxygen atoms in total. The summed E-state index contributed by atoms with van der Waals surface area (Å²) in [7, 11) is 1.35. The number of nitrogens with zero attached hydrogens (tertiary/aromatic N) is 1. The number of allylic oxidation sites excluding steroid dienone is 3. The van der Waals surface area contributed by atoms with E-state index in [9.17, 15) is 14.3 Å². The number of carbonyl (C=O) groups is 1. The number of hydrogen-bond acceptors (Lipinski definition) is 9. The molecular formula is C44H86NO9P. The fraction of sp³-hybridized carbons (Fsp3) is 0.886. The Morgan fingerprint density at radius 1 is 0.673 bits per heavy atom. The van der Waals surface area contributed by atoms with Gasteiger partial charge in [-0.05, 0) is 32.1 Å². The van der Waals surface area contributed by atoms with Crippen LogP contribution in [0.2, 0.25) is 0 Å². The quantitative estimate of drug-likeness (QED) is 0.0122. The van der Waals surface area contributed by atoms with Crippen molar-refractivity contribution >= 4 is 13.8 Å². The molecule has 0 bridgehead atoms. The van der Waals surface area contributed by atoms with Crippen LogP contribution >= 0.6 is 7.82 Å². The zero-order valence-electron chi connectivity index (χ0n) is 36.2. The number of ether oxygens (including phenoxy) is 2. The van der Waals surface area contributed by atoms with E-state index >= 15 is 0 Å². The number of phosphoric acid groups is 1. The van der Waals surface area contributed by atoms with Gasteiger partial charge < -0.3 is 27.9 Å². The number of carbonyl (C=O) groups excluding carboxylic acids is 1. The van der Waals surface area contributed by atoms with Crippen molar-refractivity contribution in [3.05, 3.63) is 24.3 Å². The largest absolute Gasteiger partial charge is 0.756 e. The molecule has 0 aliphatic carbocycles. The summed E-state index contributed by atoms with van der Waals surface area (Å²) >= 11 is 0. The molecule has 0 aromatic heterocycles. The third kappa shape index (κ3) is 40.9. The summed E-state index contributed by atoms with van der Waals surface area (Å²) in [5, 5.41) is 9.03. The molecule has 0 aromatic carbocycles. The summed E-state index contributed by atoms with van der Waals surface area (Å²) in [5.74, 6) is -0.288. The van der Waals surface area contributed by atoms with Gasteiger partial charge in [0.2, 0.25) is 0 Å². The first-order valence-corrected chi connectivity index (χ1v) is 23.8. The van der Waals surface area contributed by atoms with Crippen molar-refractivity contribution in [3.63, 3.8) is 0 Å². The fourth-order valence-electron chi connectivity index (χ4n) is 6.15. The topological polar surface area (TPSA) is 124 Å². The van der Waals surface area contributed by atoms with E-state index < -0.39 is 13.9 Å². The van der Waals surface area contributed by atoms with Crippen LogP contribution in [0, 0.1) is 0 Å². The highest BCUT2D eigenvalue weighted by Crippen LogP contribution is 2.38. The second kappa shape index (κ2) is 38.4. The lowest BCUT2D eigenvalue weighted by Crippen LogP contribution is -2.37. The van der Waals surface area contributed by atoms with Crippen molar-refractivity contribution in [2.45, 2.75) is 199 Å². The molecule has 0 rings (SSSR count). The molecule has 326 valence electrons. The number of quaternary nitrogens is 1. The minimum Gasteiger partial charge on any atom is -0.756 e. The Labute approximate surface area is 338 Å². The van der Waals surface area contributed by atoms with Gasteiger partial charge in [0, 0.05) is 13.0 Å². The van der Waals surface area contributed by atoms with Crippen LogP contribution in [0.3, 0.4) is 0 Å². The van der Waals surface area contributed by atoms with Crippen molar-refractivity contribution in [2.75, 3.05) is 54.1 Å². The van der Waals surface area contributed by atoms with Crippen LogP contribution < -0.4 is 4.89 Å². The first-order valence-electron chi connectivity index (χ1n) is 22.3. The lowest BCUT2D eigenvalue weighted by Gasteiger charge is -2.28. The van der Waals surface area contributed by atoms with Crippen LogP contribution in [0.15, 0.2) is 24.3 Å². The van der Waals surface area contributed by atoms with Gasteiger partial charge in [0.15, 0.2) is 0 Å². The number of hydrogen-bond donors (Lipinski definition) is 1. The van der Waals surface area contributed by atoms with Gasteiger partial charge in [0.1, 0.15) is 32.0 Å². The molecule has 11 heteroatoms. The molecule has 0 spiro atoms. The van der Waals surface area contributed by atoms with E-state index in [1.807, 2.05) is 39.4 Å². The van der Waals surface area contributed by atoms with Crippen molar-refractivity contribution in [2.24, 2.45) is 0 Å². The van der Waals surface area contributed by atoms with Crippen LogP contribution in [-0.4, -0.2) is 82.0 Å². The lowest BCUT2D eigenvalue weighted by atomic mass is 10.0. The molecule has 3 atom stereocenters. The Bertz CT molecular complexity index is 956. The van der Waals surface area contributed by atoms with Crippen LogP contribution in [0.1, 0.15) is 187 Å². The molecule has 0 saturated heterocycles. The van der Waals surface area contributed by atoms with Crippen LogP contribution in [0.25, 0.3) is 0 Å². The Morgan fingerprint density at radius 3 is 1.76 bits per heavy atom. The molecular weight excluding hydrogens is 717 g/mol. The van der Waals surface area contributed by atoms with E-state index in [-0.39, 0.29) is 31.9 Å². The van der Waals surface area contributed by atoms with E-state index in [4.69, 9.17) is 23.8 Å². The molecule has 0 fully saturated rings. The molecule has 2 unspecified atom stereocenters. The fourth-order valence-corrected chi connectivity index (χ4v) is 6.87. The summed E-state index contributed by atoms with van der Waals surface area (Å²) < 4.78 is 34.6. The Balaban J connectivity index is 4.30. The third-order valence-electron chi connectivity index (χ3n) is 9.76. The van der Waals surface area contributed by atoms with E-state index in [0.29, 0.717) is 24.1 Å². The predicted octanol–water partition coefficient (Wildman–Crippen LogP) is 11.7. The van der Waals surface area contributed by atoms with Crippen molar-refractivity contribution in [1.29, 1.82) is 0 Å². The van der Waals surface area contributed by atoms with Crippen molar-refractivity contribution in [1.82, 2.24) is 0 Å². The molecule has 0 amide bonds. The van der Waals surface area contributed by atoms with Crippen LogP contribution in [0.4, 0.5) is 0 Å². The Morgan fingerprint density at radius 2 is 1.20 bits per heavy atom. The van der Waals surface area contributed by atoms with Gasteiger partial charge in [-0.1, -0.05) is 173 Å². The maximum absolute atomic E-state index is 12.5. The molecule has 55 heavy (non-hydrogen) atoms. The number of phosphoric ester groups is 1. The molecule has 0 aliphatic heterocycles. The molecule has 0 heterocycles. The van der Waals surface area contributed by atoms with Gasteiger partial charge in [-0.15, -0.1) is 0 Å². The van der Waals surface area contributed by atoms with E-state index in [1.54, 1.807) is 0 Å². The van der Waals surface area contributed by atoms with Gasteiger partial charge in [0.25, 0.3) is 7.82 Å². The van der Waals surface area contributed by atoms with Gasteiger partial charge >= 0.3 is 5.97 Å². The van der Waals surface area contributed by atoms with Crippen LogP contribution in [0.5, 0.6) is 0 Å². The number of unbranched alkanes of at least 4 members (excludes halogenated alkanes) is 22. The van der Waals surface area contributed by atoms with Gasteiger partial charge in [-0.25, -0.2) is 4.89 Å². The minimum atomic E-state index is -4.51. The number of esters is 1. The second-order valence-corrected chi connectivity index (χ2v) is 17.7. The summed E-state index contributed by atoms with van der Waals surface area (Å²) in [4.78, 5) is 29.4. The van der Waals surface area contributed by atoms with Gasteiger partial charge in [0.05, 0.1) is 27.7 Å². The highest BCUT2D eigenvalue weighted by molar-refractivity contribution is 7.45. The number of rotatable bonds is 42. The SMILES string of the molecule is CCCCCCCCCCCCCCCCCC(=O)OC[C@H](COP(=O)([O-])OCC[N+](C)(C)C)OCCCCCCCC/C=C\C=C\C(CCCCC)OO. The molecule has 1 N–H and O–H groups in total. The molecule has 0 radical (unpaired) electrons. The highest BCUT2D eigenvalue weighted by Gasteiger charge is 2.19. The first kappa shape index (κ1) is 53.9.